The fourth-order valence-electron chi connectivity index (χ4n) is 6.61. The Kier molecular flexibility index (Phi) is 58.6. The molecule has 0 fully saturated rings. The fourth-order valence-corrected chi connectivity index (χ4v) is 6.61. The molecule has 0 radical (unpaired) electrons. The van der Waals surface area contributed by atoms with Gasteiger partial charge in [0.05, 0.1) is 0 Å². The molecule has 2 N–H and O–H groups in total. The van der Waals surface area contributed by atoms with Crippen molar-refractivity contribution in [3.05, 3.63) is 24.3 Å². The average Bonchev–Trinajstić information content (AvgIpc) is 3.16. The number of unbranched alkanes of at least 4 members (excludes halogenated alkanes) is 33. The van der Waals surface area contributed by atoms with Crippen molar-refractivity contribution in [2.45, 2.75) is 285 Å². The summed E-state index contributed by atoms with van der Waals surface area (Å²) in [7, 11) is 0. The highest BCUT2D eigenvalue weighted by molar-refractivity contribution is 5.66. The molecule has 4 heteroatoms. The van der Waals surface area contributed by atoms with Crippen LogP contribution in [0.3, 0.4) is 0 Å². The van der Waals surface area contributed by atoms with Crippen LogP contribution in [0.2, 0.25) is 0 Å². The second-order valence-corrected chi connectivity index (χ2v) is 16.0. The lowest BCUT2D eigenvalue weighted by atomic mass is 10.1. The van der Waals surface area contributed by atoms with Crippen molar-refractivity contribution in [3.8, 4) is 0 Å². The molecule has 0 aliphatic rings. The molecule has 322 valence electrons. The first-order chi connectivity index (χ1) is 26.5. The number of aliphatic carboxylic acids is 2. The van der Waals surface area contributed by atoms with Crippen molar-refractivity contribution in [1.82, 2.24) is 0 Å². The molecule has 0 bridgehead atoms. The van der Waals surface area contributed by atoms with E-state index in [0.29, 0.717) is 12.8 Å². The summed E-state index contributed by atoms with van der Waals surface area (Å²) in [5, 5.41) is 17.0. The fraction of sp³-hybridized carbons (Fsp3) is 0.880. The monoisotopic (exact) mass is 763 g/mol. The average molecular weight is 763 g/mol. The summed E-state index contributed by atoms with van der Waals surface area (Å²) in [5.41, 5.74) is 0. The highest BCUT2D eigenvalue weighted by Gasteiger charge is 1.97. The third-order valence-corrected chi connectivity index (χ3v) is 10.3. The van der Waals surface area contributed by atoms with Crippen LogP contribution in [0.25, 0.3) is 0 Å². The standard InChI is InChI=1S/2C18H34O2.C14H30/c2*1-2-3-4-5-6-7-8-9-10-11-12-13-14-15-16-17-18(19)20;1-3-5-7-9-11-13-14-12-10-8-6-4-2/h2*9-10H,2-8,11-17H2,1H3,(H,19,20);3-14H2,1-2H3/b2*10-9-;. The van der Waals surface area contributed by atoms with Crippen molar-refractivity contribution in [2.24, 2.45) is 0 Å². The maximum absolute atomic E-state index is 10.3. The van der Waals surface area contributed by atoms with Gasteiger partial charge in [-0.15, -0.1) is 0 Å². The van der Waals surface area contributed by atoms with Crippen LogP contribution in [-0.4, -0.2) is 22.2 Å². The first-order valence-electron chi connectivity index (χ1n) is 24.2. The van der Waals surface area contributed by atoms with Gasteiger partial charge in [-0.3, -0.25) is 9.59 Å². The van der Waals surface area contributed by atoms with E-state index in [4.69, 9.17) is 10.2 Å². The zero-order valence-corrected chi connectivity index (χ0v) is 37.3. The van der Waals surface area contributed by atoms with Gasteiger partial charge in [-0.05, 0) is 64.2 Å². The Morgan fingerprint density at radius 3 is 0.630 bits per heavy atom. The quantitative estimate of drug-likeness (QED) is 0.0480. The van der Waals surface area contributed by atoms with Crippen LogP contribution < -0.4 is 0 Å². The molecule has 0 rings (SSSR count). The van der Waals surface area contributed by atoms with E-state index < -0.39 is 11.9 Å². The zero-order valence-electron chi connectivity index (χ0n) is 37.3. The molecule has 0 saturated carbocycles. The van der Waals surface area contributed by atoms with Crippen LogP contribution in [0, 0.1) is 0 Å². The van der Waals surface area contributed by atoms with Crippen molar-refractivity contribution in [1.29, 1.82) is 0 Å². The molecule has 0 aromatic rings. The summed E-state index contributed by atoms with van der Waals surface area (Å²) < 4.78 is 0. The molecule has 0 aliphatic carbocycles. The van der Waals surface area contributed by atoms with Crippen LogP contribution in [0.15, 0.2) is 24.3 Å². The second-order valence-electron chi connectivity index (χ2n) is 16.0. The van der Waals surface area contributed by atoms with E-state index in [1.165, 1.54) is 218 Å². The lowest BCUT2D eigenvalue weighted by Crippen LogP contribution is -1.93. The second kappa shape index (κ2) is 55.8. The molecule has 0 spiro atoms. The molecule has 0 amide bonds. The van der Waals surface area contributed by atoms with E-state index in [1.54, 1.807) is 0 Å². The molecule has 0 aromatic heterocycles. The summed E-state index contributed by atoms with van der Waals surface area (Å²) in [5.74, 6) is -1.33. The Morgan fingerprint density at radius 1 is 0.278 bits per heavy atom. The van der Waals surface area contributed by atoms with Gasteiger partial charge in [0.1, 0.15) is 0 Å². The maximum Gasteiger partial charge on any atom is 0.303 e. The van der Waals surface area contributed by atoms with Crippen LogP contribution in [0.1, 0.15) is 285 Å². The van der Waals surface area contributed by atoms with Gasteiger partial charge in [0.15, 0.2) is 0 Å². The van der Waals surface area contributed by atoms with Gasteiger partial charge in [-0.2, -0.15) is 0 Å². The summed E-state index contributed by atoms with van der Waals surface area (Å²) in [6.07, 6.45) is 59.9. The predicted molar refractivity (Wildman–Crippen MR) is 241 cm³/mol. The number of rotatable bonds is 41. The maximum atomic E-state index is 10.3. The van der Waals surface area contributed by atoms with Gasteiger partial charge in [-0.25, -0.2) is 0 Å². The van der Waals surface area contributed by atoms with Gasteiger partial charge < -0.3 is 10.2 Å². The minimum atomic E-state index is -0.664. The first-order valence-corrected chi connectivity index (χ1v) is 24.2. The minimum absolute atomic E-state index is 0.332. The number of hydrogen-bond acceptors (Lipinski definition) is 2. The van der Waals surface area contributed by atoms with Gasteiger partial charge in [-0.1, -0.05) is 232 Å². The summed E-state index contributed by atoms with van der Waals surface area (Å²) in [6.45, 7) is 9.09. The molecular formula is C50H98O4. The van der Waals surface area contributed by atoms with Crippen molar-refractivity contribution in [2.75, 3.05) is 0 Å². The topological polar surface area (TPSA) is 74.6 Å². The van der Waals surface area contributed by atoms with Gasteiger partial charge in [0.25, 0.3) is 0 Å². The Hall–Kier alpha value is -1.58. The lowest BCUT2D eigenvalue weighted by Gasteiger charge is -2.01. The van der Waals surface area contributed by atoms with Crippen molar-refractivity contribution < 1.29 is 19.8 Å². The molecule has 54 heavy (non-hydrogen) atoms. The first kappa shape index (κ1) is 56.7. The van der Waals surface area contributed by atoms with Crippen molar-refractivity contribution >= 4 is 11.9 Å². The molecule has 0 aliphatic heterocycles. The van der Waals surface area contributed by atoms with Gasteiger partial charge in [0, 0.05) is 12.8 Å². The van der Waals surface area contributed by atoms with Gasteiger partial charge in [0.2, 0.25) is 0 Å². The normalized spacial score (nSPS) is 11.1. The van der Waals surface area contributed by atoms with E-state index in [-0.39, 0.29) is 0 Å². The van der Waals surface area contributed by atoms with Crippen LogP contribution >= 0.6 is 0 Å². The van der Waals surface area contributed by atoms with Crippen LogP contribution in [-0.2, 0) is 9.59 Å². The molecule has 0 atom stereocenters. The number of carboxylic acid groups (broad SMARTS) is 2. The third-order valence-electron chi connectivity index (χ3n) is 10.3. The van der Waals surface area contributed by atoms with E-state index in [9.17, 15) is 9.59 Å². The van der Waals surface area contributed by atoms with Crippen LogP contribution in [0.4, 0.5) is 0 Å². The highest BCUT2D eigenvalue weighted by atomic mass is 16.4. The highest BCUT2D eigenvalue weighted by Crippen LogP contribution is 2.13. The van der Waals surface area contributed by atoms with Crippen molar-refractivity contribution in [3.63, 3.8) is 0 Å². The largest absolute Gasteiger partial charge is 0.481 e. The SMILES string of the molecule is CCCCCCCC/C=C\CCCCCCCC(=O)O.CCCCCCCC/C=C\CCCCCCCC(=O)O.CCCCCCCCCCCCCC. The molecule has 4 nitrogen and oxygen atoms in total. The molecule has 0 unspecified atom stereocenters. The summed E-state index contributed by atoms with van der Waals surface area (Å²) >= 11 is 0. The molecule has 0 heterocycles. The lowest BCUT2D eigenvalue weighted by molar-refractivity contribution is -0.138. The van der Waals surface area contributed by atoms with E-state index in [2.05, 4.69) is 52.0 Å². The molecule has 0 aromatic carbocycles. The molecule has 0 saturated heterocycles. The third kappa shape index (κ3) is 65.3. The summed E-state index contributed by atoms with van der Waals surface area (Å²) in [4.78, 5) is 20.6. The summed E-state index contributed by atoms with van der Waals surface area (Å²) in [6, 6.07) is 0. The van der Waals surface area contributed by atoms with E-state index >= 15 is 0 Å². The molecular weight excluding hydrogens is 665 g/mol. The van der Waals surface area contributed by atoms with E-state index in [1.807, 2.05) is 0 Å². The number of carbonyl (C=O) groups is 2. The zero-order chi connectivity index (χ0) is 40.3. The Labute approximate surface area is 339 Å². The Morgan fingerprint density at radius 2 is 0.444 bits per heavy atom. The van der Waals surface area contributed by atoms with Gasteiger partial charge >= 0.3 is 11.9 Å². The van der Waals surface area contributed by atoms with Crippen LogP contribution in [0.5, 0.6) is 0 Å². The Balaban J connectivity index is -0.000000736. The Bertz CT molecular complexity index is 681. The smallest absolute Gasteiger partial charge is 0.303 e. The van der Waals surface area contributed by atoms with E-state index in [0.717, 1.165) is 25.7 Å². The number of carboxylic acids is 2. The number of allylic oxidation sites excluding steroid dienone is 4. The number of hydrogen-bond donors (Lipinski definition) is 2. The minimum Gasteiger partial charge on any atom is -0.481 e. The predicted octanol–water partition coefficient (Wildman–Crippen LogP) is 17.9.